The molecule has 2 aromatic heterocycles. The molecule has 27 heavy (non-hydrogen) atoms. The van der Waals surface area contributed by atoms with Gasteiger partial charge in [-0.1, -0.05) is 6.07 Å². The summed E-state index contributed by atoms with van der Waals surface area (Å²) >= 11 is 2.01. The molecule has 142 valence electrons. The van der Waals surface area contributed by atoms with E-state index in [2.05, 4.69) is 15.3 Å². The van der Waals surface area contributed by atoms with Crippen LogP contribution in [0, 0.1) is 11.3 Å². The molecule has 0 unspecified atom stereocenters. The molecular formula is C16H15N3O5S3. The van der Waals surface area contributed by atoms with Gasteiger partial charge in [-0.3, -0.25) is 10.2 Å². The van der Waals surface area contributed by atoms with Crippen LogP contribution in [0.1, 0.15) is 33.2 Å². The normalized spacial score (nSPS) is 11.9. The zero-order chi connectivity index (χ0) is 20.2. The number of nitriles is 1. The van der Waals surface area contributed by atoms with E-state index in [4.69, 9.17) is 0 Å². The molecule has 0 saturated heterocycles. The number of methoxy groups -OCH3 is 1. The Morgan fingerprint density at radius 3 is 2.56 bits per heavy atom. The molecule has 1 N–H and O–H groups in total. The summed E-state index contributed by atoms with van der Waals surface area (Å²) in [7, 11) is -2.58. The monoisotopic (exact) mass is 425 g/mol. The molecule has 0 spiro atoms. The van der Waals surface area contributed by atoms with E-state index in [9.17, 15) is 23.3 Å². The lowest BCUT2D eigenvalue weighted by Crippen LogP contribution is -2.17. The summed E-state index contributed by atoms with van der Waals surface area (Å²) in [6.45, 7) is 3.00. The number of Topliss-reactive ketones (excluding diaryl/α,β-unsaturated/α-hetero) is 1. The third kappa shape index (κ3) is 4.24. The van der Waals surface area contributed by atoms with E-state index in [1.54, 1.807) is 23.6 Å². The zero-order valence-electron chi connectivity index (χ0n) is 14.5. The first-order valence-corrected chi connectivity index (χ1v) is 10.8. The van der Waals surface area contributed by atoms with Crippen molar-refractivity contribution in [2.45, 2.75) is 24.0 Å². The molecule has 0 aromatic carbocycles. The zero-order valence-corrected chi connectivity index (χ0v) is 17.0. The van der Waals surface area contributed by atoms with Crippen molar-refractivity contribution in [2.75, 3.05) is 12.5 Å². The fourth-order valence-electron chi connectivity index (χ4n) is 1.92. The van der Waals surface area contributed by atoms with E-state index < -0.39 is 32.6 Å². The predicted octanol–water partition coefficient (Wildman–Crippen LogP) is 2.95. The number of ether oxygens (including phenoxy) is 1. The van der Waals surface area contributed by atoms with Crippen LogP contribution in [0.25, 0.3) is 0 Å². The first-order chi connectivity index (χ1) is 12.7. The first kappa shape index (κ1) is 20.8. The molecule has 0 amide bonds. The van der Waals surface area contributed by atoms with E-state index >= 15 is 0 Å². The van der Waals surface area contributed by atoms with E-state index in [1.165, 1.54) is 19.2 Å². The molecule has 2 aromatic rings. The second-order valence-electron chi connectivity index (χ2n) is 5.38. The van der Waals surface area contributed by atoms with Gasteiger partial charge >= 0.3 is 5.97 Å². The molecule has 0 fully saturated rings. The number of hydrazone groups is 1. The van der Waals surface area contributed by atoms with Gasteiger partial charge in [-0.2, -0.15) is 10.4 Å². The topological polar surface area (TPSA) is 126 Å². The Kier molecular flexibility index (Phi) is 6.48. The number of rotatable bonds is 7. The average Bonchev–Trinajstić information content (AvgIpc) is 3.31. The molecule has 0 atom stereocenters. The van der Waals surface area contributed by atoms with E-state index in [0.717, 1.165) is 29.8 Å². The van der Waals surface area contributed by atoms with E-state index in [0.29, 0.717) is 4.88 Å². The van der Waals surface area contributed by atoms with Crippen LogP contribution in [0.3, 0.4) is 0 Å². The number of sulfone groups is 1. The molecule has 0 radical (unpaired) electrons. The highest BCUT2D eigenvalue weighted by Crippen LogP contribution is 2.34. The van der Waals surface area contributed by atoms with Crippen LogP contribution < -0.4 is 5.43 Å². The molecule has 0 aliphatic heterocycles. The van der Waals surface area contributed by atoms with Gasteiger partial charge in [-0.05, 0) is 25.3 Å². The minimum absolute atomic E-state index is 0.0265. The highest BCUT2D eigenvalue weighted by molar-refractivity contribution is 7.92. The Bertz CT molecular complexity index is 1030. The number of anilines is 1. The number of ketones is 1. The molecular weight excluding hydrogens is 410 g/mol. The molecule has 0 bridgehead atoms. The number of carbonyl (C=O) groups is 2. The molecule has 2 heterocycles. The highest BCUT2D eigenvalue weighted by atomic mass is 32.2. The lowest BCUT2D eigenvalue weighted by molar-refractivity contribution is 0.0607. The maximum absolute atomic E-state index is 12.5. The summed E-state index contributed by atoms with van der Waals surface area (Å²) in [5.74, 6) is -1.37. The fraction of sp³-hybridized carbons (Fsp3) is 0.250. The number of nitrogens with one attached hydrogen (secondary N) is 1. The van der Waals surface area contributed by atoms with Gasteiger partial charge in [0.15, 0.2) is 9.84 Å². The SMILES string of the molecule is COC(=O)c1scc(S(=O)(=O)C(C)C)c1N/N=C(/C#N)C(=O)c1cccs1. The van der Waals surface area contributed by atoms with Crippen molar-refractivity contribution in [1.82, 2.24) is 0 Å². The summed E-state index contributed by atoms with van der Waals surface area (Å²) in [6.07, 6.45) is 0. The van der Waals surface area contributed by atoms with Crippen LogP contribution in [0.4, 0.5) is 5.69 Å². The Morgan fingerprint density at radius 1 is 1.33 bits per heavy atom. The summed E-state index contributed by atoms with van der Waals surface area (Å²) in [6, 6.07) is 4.87. The maximum atomic E-state index is 12.5. The largest absolute Gasteiger partial charge is 0.465 e. The van der Waals surface area contributed by atoms with Crippen molar-refractivity contribution < 1.29 is 22.7 Å². The first-order valence-electron chi connectivity index (χ1n) is 7.49. The second-order valence-corrected chi connectivity index (χ2v) is 9.68. The van der Waals surface area contributed by atoms with E-state index in [1.807, 2.05) is 0 Å². The van der Waals surface area contributed by atoms with Crippen LogP contribution in [0.2, 0.25) is 0 Å². The second kappa shape index (κ2) is 8.43. The van der Waals surface area contributed by atoms with Crippen LogP contribution in [-0.2, 0) is 14.6 Å². The standard InChI is InChI=1S/C16H15N3O5S3/c1-9(2)27(22,23)12-8-26-15(16(21)24-3)13(12)19-18-10(7-17)14(20)11-5-4-6-25-11/h4-6,8-9,19H,1-3H3/b18-10-. The number of hydrogen-bond donors (Lipinski definition) is 1. The summed E-state index contributed by atoms with van der Waals surface area (Å²) < 4.78 is 29.8. The summed E-state index contributed by atoms with van der Waals surface area (Å²) in [4.78, 5) is 24.4. The summed E-state index contributed by atoms with van der Waals surface area (Å²) in [5.41, 5.74) is 1.83. The van der Waals surface area contributed by atoms with Gasteiger partial charge in [0.1, 0.15) is 21.5 Å². The summed E-state index contributed by atoms with van der Waals surface area (Å²) in [5, 5.41) is 15.2. The van der Waals surface area contributed by atoms with Crippen LogP contribution in [0.15, 0.2) is 32.9 Å². The minimum atomic E-state index is -3.74. The van der Waals surface area contributed by atoms with Gasteiger partial charge in [0.2, 0.25) is 11.5 Å². The number of thiophene rings is 2. The van der Waals surface area contributed by atoms with Crippen molar-refractivity contribution in [2.24, 2.45) is 5.10 Å². The number of esters is 1. The number of hydrogen-bond acceptors (Lipinski definition) is 10. The number of carbonyl (C=O) groups excluding carboxylic acids is 2. The lowest BCUT2D eigenvalue weighted by atomic mass is 10.2. The van der Waals surface area contributed by atoms with Crippen molar-refractivity contribution in [3.05, 3.63) is 32.6 Å². The van der Waals surface area contributed by atoms with Crippen molar-refractivity contribution in [1.29, 1.82) is 5.26 Å². The highest BCUT2D eigenvalue weighted by Gasteiger charge is 2.29. The van der Waals surface area contributed by atoms with Crippen molar-refractivity contribution in [3.63, 3.8) is 0 Å². The predicted molar refractivity (Wildman–Crippen MR) is 103 cm³/mol. The molecule has 0 saturated carbocycles. The van der Waals surface area contributed by atoms with Gasteiger partial charge in [0.25, 0.3) is 0 Å². The van der Waals surface area contributed by atoms with Gasteiger partial charge < -0.3 is 4.74 Å². The molecule has 0 aliphatic carbocycles. The third-order valence-electron chi connectivity index (χ3n) is 3.40. The number of nitrogens with zero attached hydrogens (tertiary/aromatic N) is 2. The molecule has 0 aliphatic rings. The quantitative estimate of drug-likeness (QED) is 0.313. The van der Waals surface area contributed by atoms with Crippen LogP contribution in [-0.4, -0.2) is 38.2 Å². The van der Waals surface area contributed by atoms with Crippen molar-refractivity contribution >= 4 is 55.7 Å². The third-order valence-corrected chi connectivity index (χ3v) is 7.55. The Labute approximate surface area is 164 Å². The van der Waals surface area contributed by atoms with Crippen molar-refractivity contribution in [3.8, 4) is 6.07 Å². The minimum Gasteiger partial charge on any atom is -0.465 e. The lowest BCUT2D eigenvalue weighted by Gasteiger charge is -2.10. The Hall–Kier alpha value is -2.55. The van der Waals surface area contributed by atoms with Gasteiger partial charge in [-0.15, -0.1) is 22.7 Å². The molecule has 2 rings (SSSR count). The fourth-order valence-corrected chi connectivity index (χ4v) is 5.06. The molecule has 8 nitrogen and oxygen atoms in total. The maximum Gasteiger partial charge on any atom is 0.350 e. The Morgan fingerprint density at radius 2 is 2.04 bits per heavy atom. The Balaban J connectivity index is 2.50. The smallest absolute Gasteiger partial charge is 0.350 e. The molecule has 11 heteroatoms. The average molecular weight is 426 g/mol. The van der Waals surface area contributed by atoms with Gasteiger partial charge in [-0.25, -0.2) is 13.2 Å². The van der Waals surface area contributed by atoms with Crippen LogP contribution >= 0.6 is 22.7 Å². The van der Waals surface area contributed by atoms with Crippen LogP contribution in [0.5, 0.6) is 0 Å². The van der Waals surface area contributed by atoms with Gasteiger partial charge in [0, 0.05) is 5.38 Å². The van der Waals surface area contributed by atoms with E-state index in [-0.39, 0.29) is 15.5 Å². The van der Waals surface area contributed by atoms with Gasteiger partial charge in [0.05, 0.1) is 17.2 Å².